The summed E-state index contributed by atoms with van der Waals surface area (Å²) in [4.78, 5) is 12.0. The van der Waals surface area contributed by atoms with Crippen molar-refractivity contribution in [3.63, 3.8) is 0 Å². The molecule has 0 bridgehead atoms. The van der Waals surface area contributed by atoms with Gasteiger partial charge in [-0.25, -0.2) is 0 Å². The molecule has 0 atom stereocenters. The number of ether oxygens (including phenoxy) is 1. The third kappa shape index (κ3) is 6.84. The van der Waals surface area contributed by atoms with Gasteiger partial charge >= 0.3 is 0 Å². The van der Waals surface area contributed by atoms with E-state index >= 15 is 0 Å². The van der Waals surface area contributed by atoms with Crippen LogP contribution in [0.3, 0.4) is 0 Å². The first kappa shape index (κ1) is 19.9. The second-order valence-corrected chi connectivity index (χ2v) is 7.53. The molecule has 2 aromatic carbocycles. The van der Waals surface area contributed by atoms with Crippen LogP contribution in [0.5, 0.6) is 5.75 Å². The predicted molar refractivity (Wildman–Crippen MR) is 111 cm³/mol. The Kier molecular flexibility index (Phi) is 7.16. The number of amides is 1. The molecule has 0 aliphatic carbocycles. The highest BCUT2D eigenvalue weighted by Gasteiger charge is 2.21. The number of benzene rings is 2. The first-order valence-corrected chi connectivity index (χ1v) is 9.14. The SMILES string of the molecule is CC(C)(C)C(=O)NC(=S)Nc1cccc(OCCCc2ccccc2)c1. The van der Waals surface area contributed by atoms with E-state index in [1.165, 1.54) is 5.56 Å². The van der Waals surface area contributed by atoms with Crippen molar-refractivity contribution >= 4 is 28.9 Å². The van der Waals surface area contributed by atoms with Gasteiger partial charge in [0, 0.05) is 17.2 Å². The Morgan fingerprint density at radius 2 is 1.81 bits per heavy atom. The Morgan fingerprint density at radius 3 is 2.50 bits per heavy atom. The molecule has 0 saturated heterocycles. The number of hydrogen-bond acceptors (Lipinski definition) is 3. The second-order valence-electron chi connectivity index (χ2n) is 7.12. The maximum absolute atomic E-state index is 12.0. The minimum absolute atomic E-state index is 0.122. The summed E-state index contributed by atoms with van der Waals surface area (Å²) < 4.78 is 5.81. The molecule has 0 aliphatic heterocycles. The Bertz CT molecular complexity index is 739. The van der Waals surface area contributed by atoms with Crippen LogP contribution in [0.4, 0.5) is 5.69 Å². The molecular weight excluding hydrogens is 344 g/mol. The molecule has 0 spiro atoms. The monoisotopic (exact) mass is 370 g/mol. The second kappa shape index (κ2) is 9.34. The molecule has 138 valence electrons. The molecule has 4 nitrogen and oxygen atoms in total. The Hall–Kier alpha value is -2.40. The van der Waals surface area contributed by atoms with Crippen LogP contribution in [0.1, 0.15) is 32.8 Å². The number of nitrogens with one attached hydrogen (secondary N) is 2. The van der Waals surface area contributed by atoms with E-state index in [1.54, 1.807) is 0 Å². The quantitative estimate of drug-likeness (QED) is 0.578. The molecule has 2 aromatic rings. The predicted octanol–water partition coefficient (Wildman–Crippen LogP) is 4.56. The molecule has 0 unspecified atom stereocenters. The Labute approximate surface area is 161 Å². The summed E-state index contributed by atoms with van der Waals surface area (Å²) in [5.74, 6) is 0.649. The summed E-state index contributed by atoms with van der Waals surface area (Å²) in [5.41, 5.74) is 1.60. The molecule has 0 aromatic heterocycles. The van der Waals surface area contributed by atoms with E-state index in [1.807, 2.05) is 63.2 Å². The van der Waals surface area contributed by atoms with E-state index in [0.717, 1.165) is 24.3 Å². The van der Waals surface area contributed by atoms with Crippen molar-refractivity contribution in [1.82, 2.24) is 5.32 Å². The number of thiocarbonyl (C=S) groups is 1. The van der Waals surface area contributed by atoms with Crippen LogP contribution in [0, 0.1) is 5.41 Å². The number of hydrogen-bond donors (Lipinski definition) is 2. The van der Waals surface area contributed by atoms with Crippen molar-refractivity contribution in [2.24, 2.45) is 5.41 Å². The van der Waals surface area contributed by atoms with Crippen LogP contribution in [0.15, 0.2) is 54.6 Å². The van der Waals surface area contributed by atoms with E-state index in [0.29, 0.717) is 6.61 Å². The summed E-state index contributed by atoms with van der Waals surface area (Å²) in [7, 11) is 0. The minimum Gasteiger partial charge on any atom is -0.494 e. The van der Waals surface area contributed by atoms with Crippen molar-refractivity contribution < 1.29 is 9.53 Å². The topological polar surface area (TPSA) is 50.4 Å². The molecule has 5 heteroatoms. The molecule has 1 amide bonds. The zero-order chi connectivity index (χ0) is 19.0. The van der Waals surface area contributed by atoms with Gasteiger partial charge in [-0.1, -0.05) is 57.2 Å². The summed E-state index contributed by atoms with van der Waals surface area (Å²) in [5, 5.41) is 6.00. The smallest absolute Gasteiger partial charge is 0.231 e. The van der Waals surface area contributed by atoms with Gasteiger partial charge in [0.1, 0.15) is 5.75 Å². The van der Waals surface area contributed by atoms with Crippen LogP contribution in [0.2, 0.25) is 0 Å². The van der Waals surface area contributed by atoms with Crippen molar-refractivity contribution in [3.05, 3.63) is 60.2 Å². The number of carbonyl (C=O) groups is 1. The molecule has 0 fully saturated rings. The number of anilines is 1. The fourth-order valence-corrected chi connectivity index (χ4v) is 2.44. The lowest BCUT2D eigenvalue weighted by molar-refractivity contribution is -0.126. The van der Waals surface area contributed by atoms with E-state index in [4.69, 9.17) is 17.0 Å². The molecular formula is C21H26N2O2S. The van der Waals surface area contributed by atoms with E-state index in [2.05, 4.69) is 22.8 Å². The average Bonchev–Trinajstić information content (AvgIpc) is 2.59. The van der Waals surface area contributed by atoms with Gasteiger partial charge in [-0.2, -0.15) is 0 Å². The summed E-state index contributed by atoms with van der Waals surface area (Å²) in [6.07, 6.45) is 1.93. The standard InChI is InChI=1S/C21H26N2O2S/c1-21(2,3)19(24)23-20(26)22-17-12-7-13-18(15-17)25-14-8-11-16-9-5-4-6-10-16/h4-7,9-10,12-13,15H,8,11,14H2,1-3H3,(H2,22,23,24,26). The van der Waals surface area contributed by atoms with Crippen molar-refractivity contribution in [3.8, 4) is 5.75 Å². The van der Waals surface area contributed by atoms with Gasteiger partial charge in [-0.3, -0.25) is 4.79 Å². The van der Waals surface area contributed by atoms with E-state index < -0.39 is 5.41 Å². The fourth-order valence-electron chi connectivity index (χ4n) is 2.23. The lowest BCUT2D eigenvalue weighted by atomic mass is 9.96. The van der Waals surface area contributed by atoms with Crippen molar-refractivity contribution in [1.29, 1.82) is 0 Å². The number of rotatable bonds is 6. The summed E-state index contributed by atoms with van der Waals surface area (Å²) in [6, 6.07) is 17.9. The maximum atomic E-state index is 12.0. The van der Waals surface area contributed by atoms with Crippen LogP contribution < -0.4 is 15.4 Å². The average molecular weight is 371 g/mol. The third-order valence-corrected chi connectivity index (χ3v) is 3.93. The molecule has 0 radical (unpaired) electrons. The van der Waals surface area contributed by atoms with E-state index in [-0.39, 0.29) is 11.0 Å². The third-order valence-electron chi connectivity index (χ3n) is 3.72. The van der Waals surface area contributed by atoms with Crippen LogP contribution in [-0.4, -0.2) is 17.6 Å². The van der Waals surface area contributed by atoms with Gasteiger partial charge in [-0.05, 0) is 42.8 Å². The fraction of sp³-hybridized carbons (Fsp3) is 0.333. The zero-order valence-corrected chi connectivity index (χ0v) is 16.4. The van der Waals surface area contributed by atoms with Crippen LogP contribution in [0.25, 0.3) is 0 Å². The molecule has 26 heavy (non-hydrogen) atoms. The van der Waals surface area contributed by atoms with Gasteiger partial charge < -0.3 is 15.4 Å². The van der Waals surface area contributed by atoms with Gasteiger partial charge in [0.2, 0.25) is 5.91 Å². The maximum Gasteiger partial charge on any atom is 0.231 e. The molecule has 0 heterocycles. The lowest BCUT2D eigenvalue weighted by Gasteiger charge is -2.18. The van der Waals surface area contributed by atoms with Gasteiger partial charge in [-0.15, -0.1) is 0 Å². The first-order valence-electron chi connectivity index (χ1n) is 8.74. The van der Waals surface area contributed by atoms with Crippen molar-refractivity contribution in [2.75, 3.05) is 11.9 Å². The Morgan fingerprint density at radius 1 is 1.08 bits per heavy atom. The highest BCUT2D eigenvalue weighted by atomic mass is 32.1. The highest BCUT2D eigenvalue weighted by Crippen LogP contribution is 2.18. The van der Waals surface area contributed by atoms with Crippen LogP contribution >= 0.6 is 12.2 Å². The first-order chi connectivity index (χ1) is 12.3. The van der Waals surface area contributed by atoms with Crippen molar-refractivity contribution in [2.45, 2.75) is 33.6 Å². The number of carbonyl (C=O) groups excluding carboxylic acids is 1. The molecule has 0 aliphatic rings. The van der Waals surface area contributed by atoms with Gasteiger partial charge in [0.25, 0.3) is 0 Å². The highest BCUT2D eigenvalue weighted by molar-refractivity contribution is 7.80. The largest absolute Gasteiger partial charge is 0.494 e. The number of aryl methyl sites for hydroxylation is 1. The minimum atomic E-state index is -0.491. The summed E-state index contributed by atoms with van der Waals surface area (Å²) >= 11 is 5.20. The Balaban J connectivity index is 1.80. The van der Waals surface area contributed by atoms with Gasteiger partial charge in [0.15, 0.2) is 5.11 Å². The van der Waals surface area contributed by atoms with Crippen LogP contribution in [-0.2, 0) is 11.2 Å². The zero-order valence-electron chi connectivity index (χ0n) is 15.5. The van der Waals surface area contributed by atoms with Gasteiger partial charge in [0.05, 0.1) is 6.61 Å². The summed E-state index contributed by atoms with van der Waals surface area (Å²) in [6.45, 7) is 6.17. The lowest BCUT2D eigenvalue weighted by Crippen LogP contribution is -2.41. The molecule has 0 saturated carbocycles. The van der Waals surface area contributed by atoms with E-state index in [9.17, 15) is 4.79 Å². The molecule has 2 rings (SSSR count). The normalized spacial score (nSPS) is 10.9. The molecule has 2 N–H and O–H groups in total.